The van der Waals surface area contributed by atoms with Crippen LogP contribution < -0.4 is 0 Å². The Hall–Kier alpha value is -0.650. The van der Waals surface area contributed by atoms with Crippen molar-refractivity contribution in [3.05, 3.63) is 0 Å². The lowest BCUT2D eigenvalue weighted by atomic mass is 9.84. The van der Waals surface area contributed by atoms with Crippen molar-refractivity contribution in [2.24, 2.45) is 11.3 Å². The summed E-state index contributed by atoms with van der Waals surface area (Å²) in [6.07, 6.45) is 10.9. The lowest BCUT2D eigenvalue weighted by molar-refractivity contribution is -0.144. The Balaban J connectivity index is 3.26. The van der Waals surface area contributed by atoms with Gasteiger partial charge < -0.3 is 18.9 Å². The second-order valence-electron chi connectivity index (χ2n) is 9.59. The van der Waals surface area contributed by atoms with Crippen LogP contribution in [-0.2, 0) is 23.7 Å². The number of hydrogen-bond donors (Lipinski definition) is 0. The quantitative estimate of drug-likeness (QED) is 0.161. The molecular weight excluding hydrogens is 380 g/mol. The summed E-state index contributed by atoms with van der Waals surface area (Å²) >= 11 is 0. The third-order valence-electron chi connectivity index (χ3n) is 4.89. The molecule has 0 aromatic rings. The zero-order valence-corrected chi connectivity index (χ0v) is 20.6. The van der Waals surface area contributed by atoms with Crippen molar-refractivity contribution in [1.29, 1.82) is 0 Å². The highest BCUT2D eigenvalue weighted by atomic mass is 16.5. The van der Waals surface area contributed by atoms with E-state index in [2.05, 4.69) is 34.6 Å². The highest BCUT2D eigenvalue weighted by Crippen LogP contribution is 2.25. The third kappa shape index (κ3) is 23.6. The molecule has 180 valence electrons. The standard InChI is InChI=1S/C25H50O5/c1-6-7-8-9-10-11-15-27-18-20-29-21-19-28-16-12-13-24(26)30-17-14-23(2)22-25(3,4)5/h23H,6-22H2,1-5H3. The fourth-order valence-corrected chi connectivity index (χ4v) is 3.44. The minimum Gasteiger partial charge on any atom is -0.466 e. The van der Waals surface area contributed by atoms with Crippen LogP contribution in [0.4, 0.5) is 0 Å². The van der Waals surface area contributed by atoms with Gasteiger partial charge in [0.15, 0.2) is 0 Å². The molecule has 0 spiro atoms. The first-order chi connectivity index (χ1) is 14.3. The average molecular weight is 431 g/mol. The molecule has 30 heavy (non-hydrogen) atoms. The molecule has 0 saturated heterocycles. The van der Waals surface area contributed by atoms with E-state index in [1.165, 1.54) is 32.1 Å². The molecule has 5 nitrogen and oxygen atoms in total. The summed E-state index contributed by atoms with van der Waals surface area (Å²) in [5.74, 6) is 0.447. The van der Waals surface area contributed by atoms with E-state index in [0.29, 0.717) is 63.8 Å². The molecule has 5 heteroatoms. The van der Waals surface area contributed by atoms with Crippen molar-refractivity contribution >= 4 is 5.97 Å². The molecule has 0 bridgehead atoms. The van der Waals surface area contributed by atoms with Crippen molar-refractivity contribution in [1.82, 2.24) is 0 Å². The van der Waals surface area contributed by atoms with E-state index in [1.807, 2.05) is 0 Å². The summed E-state index contributed by atoms with van der Waals surface area (Å²) in [6.45, 7) is 15.5. The molecule has 0 aliphatic rings. The van der Waals surface area contributed by atoms with Gasteiger partial charge >= 0.3 is 5.97 Å². The number of carbonyl (C=O) groups is 1. The van der Waals surface area contributed by atoms with Gasteiger partial charge in [-0.3, -0.25) is 4.79 Å². The maximum atomic E-state index is 11.7. The first kappa shape index (κ1) is 29.4. The number of rotatable bonds is 21. The van der Waals surface area contributed by atoms with Crippen LogP contribution in [0.25, 0.3) is 0 Å². The lowest BCUT2D eigenvalue weighted by Gasteiger charge is -2.22. The predicted molar refractivity (Wildman–Crippen MR) is 124 cm³/mol. The molecule has 1 unspecified atom stereocenters. The van der Waals surface area contributed by atoms with E-state index < -0.39 is 0 Å². The Morgan fingerprint density at radius 3 is 1.87 bits per heavy atom. The van der Waals surface area contributed by atoms with Crippen molar-refractivity contribution in [2.75, 3.05) is 46.2 Å². The van der Waals surface area contributed by atoms with Gasteiger partial charge in [0.1, 0.15) is 0 Å². The summed E-state index contributed by atoms with van der Waals surface area (Å²) in [5.41, 5.74) is 0.324. The Morgan fingerprint density at radius 1 is 0.733 bits per heavy atom. The van der Waals surface area contributed by atoms with Gasteiger partial charge in [0.2, 0.25) is 0 Å². The van der Waals surface area contributed by atoms with Crippen LogP contribution in [0.15, 0.2) is 0 Å². The van der Waals surface area contributed by atoms with E-state index in [4.69, 9.17) is 18.9 Å². The van der Waals surface area contributed by atoms with Crippen LogP contribution in [0.5, 0.6) is 0 Å². The Labute approximate surface area is 186 Å². The largest absolute Gasteiger partial charge is 0.466 e. The lowest BCUT2D eigenvalue weighted by Crippen LogP contribution is -2.14. The molecule has 0 aromatic carbocycles. The Morgan fingerprint density at radius 2 is 1.27 bits per heavy atom. The molecule has 1 atom stereocenters. The number of ether oxygens (including phenoxy) is 4. The molecule has 0 aliphatic carbocycles. The van der Waals surface area contributed by atoms with Gasteiger partial charge in [0.25, 0.3) is 0 Å². The first-order valence-corrected chi connectivity index (χ1v) is 12.2. The van der Waals surface area contributed by atoms with E-state index >= 15 is 0 Å². The van der Waals surface area contributed by atoms with Gasteiger partial charge in [-0.2, -0.15) is 0 Å². The summed E-state index contributed by atoms with van der Waals surface area (Å²) in [6, 6.07) is 0. The Kier molecular flexibility index (Phi) is 19.8. The fraction of sp³-hybridized carbons (Fsp3) is 0.960. The van der Waals surface area contributed by atoms with Crippen LogP contribution >= 0.6 is 0 Å². The van der Waals surface area contributed by atoms with E-state index in [-0.39, 0.29) is 5.97 Å². The summed E-state index contributed by atoms with van der Waals surface area (Å²) in [7, 11) is 0. The molecule has 0 heterocycles. The van der Waals surface area contributed by atoms with Crippen molar-refractivity contribution in [2.45, 2.75) is 98.8 Å². The number of unbranched alkanes of at least 4 members (excludes halogenated alkanes) is 5. The van der Waals surface area contributed by atoms with Gasteiger partial charge in [-0.15, -0.1) is 0 Å². The van der Waals surface area contributed by atoms with Crippen LogP contribution in [0.1, 0.15) is 98.8 Å². The van der Waals surface area contributed by atoms with Gasteiger partial charge in [0, 0.05) is 19.6 Å². The molecule has 0 saturated carbocycles. The molecule has 0 fully saturated rings. The molecule has 0 radical (unpaired) electrons. The van der Waals surface area contributed by atoms with Gasteiger partial charge in [-0.05, 0) is 37.0 Å². The summed E-state index contributed by atoms with van der Waals surface area (Å²) < 4.78 is 21.9. The second-order valence-corrected chi connectivity index (χ2v) is 9.59. The number of esters is 1. The number of hydrogen-bond acceptors (Lipinski definition) is 5. The molecular formula is C25H50O5. The van der Waals surface area contributed by atoms with E-state index in [0.717, 1.165) is 25.9 Å². The summed E-state index contributed by atoms with van der Waals surface area (Å²) in [4.78, 5) is 11.7. The monoisotopic (exact) mass is 430 g/mol. The van der Waals surface area contributed by atoms with Crippen molar-refractivity contribution in [3.63, 3.8) is 0 Å². The van der Waals surface area contributed by atoms with Crippen LogP contribution in [0.2, 0.25) is 0 Å². The minimum atomic E-state index is -0.125. The fourth-order valence-electron chi connectivity index (χ4n) is 3.44. The molecule has 0 aliphatic heterocycles. The topological polar surface area (TPSA) is 54.0 Å². The predicted octanol–water partition coefficient (Wildman–Crippen LogP) is 6.18. The zero-order chi connectivity index (χ0) is 22.5. The maximum absolute atomic E-state index is 11.7. The third-order valence-corrected chi connectivity index (χ3v) is 4.89. The molecule has 0 rings (SSSR count). The maximum Gasteiger partial charge on any atom is 0.305 e. The SMILES string of the molecule is CCCCCCCCOCCOCCOCCCC(=O)OCCC(C)CC(C)(C)C. The summed E-state index contributed by atoms with van der Waals surface area (Å²) in [5, 5.41) is 0. The van der Waals surface area contributed by atoms with Gasteiger partial charge in [0.05, 0.1) is 33.0 Å². The molecule has 0 aromatic heterocycles. The van der Waals surface area contributed by atoms with Crippen LogP contribution in [0, 0.1) is 11.3 Å². The highest BCUT2D eigenvalue weighted by molar-refractivity contribution is 5.69. The number of carbonyl (C=O) groups excluding carboxylic acids is 1. The van der Waals surface area contributed by atoms with Crippen molar-refractivity contribution in [3.8, 4) is 0 Å². The molecule has 0 amide bonds. The van der Waals surface area contributed by atoms with E-state index in [9.17, 15) is 4.79 Å². The van der Waals surface area contributed by atoms with Gasteiger partial charge in [-0.1, -0.05) is 66.7 Å². The average Bonchev–Trinajstić information content (AvgIpc) is 2.66. The van der Waals surface area contributed by atoms with Crippen LogP contribution in [0.3, 0.4) is 0 Å². The highest BCUT2D eigenvalue weighted by Gasteiger charge is 2.15. The van der Waals surface area contributed by atoms with Crippen molar-refractivity contribution < 1.29 is 23.7 Å². The zero-order valence-electron chi connectivity index (χ0n) is 20.6. The molecule has 0 N–H and O–H groups in total. The van der Waals surface area contributed by atoms with E-state index in [1.54, 1.807) is 0 Å². The van der Waals surface area contributed by atoms with Crippen LogP contribution in [-0.4, -0.2) is 52.2 Å². The smallest absolute Gasteiger partial charge is 0.305 e. The first-order valence-electron chi connectivity index (χ1n) is 12.2. The normalized spacial score (nSPS) is 12.8. The second kappa shape index (κ2) is 20.3. The van der Waals surface area contributed by atoms with Gasteiger partial charge in [-0.25, -0.2) is 0 Å². The Bertz CT molecular complexity index is 378. The minimum absolute atomic E-state index is 0.125.